The summed E-state index contributed by atoms with van der Waals surface area (Å²) in [6, 6.07) is 5.06. The van der Waals surface area contributed by atoms with Crippen molar-refractivity contribution < 1.29 is 14.3 Å². The molecule has 20 heavy (non-hydrogen) atoms. The number of anilines is 1. The van der Waals surface area contributed by atoms with Crippen LogP contribution in [0.3, 0.4) is 0 Å². The molecule has 1 unspecified atom stereocenters. The second-order valence-corrected chi connectivity index (χ2v) is 5.54. The van der Waals surface area contributed by atoms with Crippen LogP contribution in [-0.4, -0.2) is 17.9 Å². The molecule has 0 aliphatic carbocycles. The van der Waals surface area contributed by atoms with Crippen LogP contribution in [0.15, 0.2) is 24.4 Å². The molecule has 1 atom stereocenters. The third-order valence-electron chi connectivity index (χ3n) is 2.41. The summed E-state index contributed by atoms with van der Waals surface area (Å²) < 4.78 is 5.93. The largest absolute Gasteiger partial charge is 0.711 e. The van der Waals surface area contributed by atoms with Crippen LogP contribution in [0.1, 0.15) is 40.5 Å². The van der Waals surface area contributed by atoms with E-state index in [2.05, 4.69) is 10.6 Å². The molecule has 6 heteroatoms. The first-order chi connectivity index (χ1) is 9.31. The Morgan fingerprint density at radius 2 is 2.15 bits per heavy atom. The molecule has 0 aromatic carbocycles. The number of carbonyl (C=O) groups is 1. The van der Waals surface area contributed by atoms with Crippen LogP contribution in [0.5, 0.6) is 0 Å². The molecule has 0 saturated heterocycles. The molecular formula is C14H23N3O3. The quantitative estimate of drug-likeness (QED) is 0.493. The maximum Gasteiger partial charge on any atom is 0.410 e. The van der Waals surface area contributed by atoms with Gasteiger partial charge in [0.15, 0.2) is 6.17 Å². The number of hydrogen-bond acceptors (Lipinski definition) is 4. The summed E-state index contributed by atoms with van der Waals surface area (Å²) in [6.07, 6.45) is 2.10. The molecule has 0 fully saturated rings. The number of nitrogens with zero attached hydrogens (tertiary/aromatic N) is 1. The van der Waals surface area contributed by atoms with E-state index in [1.165, 1.54) is 6.20 Å². The molecule has 0 spiro atoms. The van der Waals surface area contributed by atoms with E-state index in [4.69, 9.17) is 4.74 Å². The summed E-state index contributed by atoms with van der Waals surface area (Å²) in [5.74, 6) is 0.391. The van der Waals surface area contributed by atoms with Gasteiger partial charge in [-0.1, -0.05) is 19.4 Å². The lowest BCUT2D eigenvalue weighted by Crippen LogP contribution is -2.45. The second-order valence-electron chi connectivity index (χ2n) is 5.54. The van der Waals surface area contributed by atoms with Crippen LogP contribution in [0.2, 0.25) is 0 Å². The van der Waals surface area contributed by atoms with Gasteiger partial charge in [0.05, 0.1) is 6.20 Å². The Labute approximate surface area is 119 Å². The molecule has 0 radical (unpaired) electrons. The molecule has 1 amide bonds. The predicted octanol–water partition coefficient (Wildman–Crippen LogP) is 2.38. The molecule has 1 rings (SSSR count). The van der Waals surface area contributed by atoms with Gasteiger partial charge in [-0.3, -0.25) is 10.6 Å². The molecule has 1 aromatic rings. The minimum atomic E-state index is -0.550. The highest BCUT2D eigenvalue weighted by Crippen LogP contribution is 2.08. The molecule has 112 valence electrons. The Hall–Kier alpha value is -1.98. The number of pyridine rings is 1. The first-order valence-corrected chi connectivity index (χ1v) is 6.76. The Balaban J connectivity index is 2.65. The number of ether oxygens (including phenoxy) is 1. The zero-order valence-corrected chi connectivity index (χ0v) is 12.5. The maximum atomic E-state index is 11.8. The molecule has 1 heterocycles. The molecule has 6 nitrogen and oxygen atoms in total. The summed E-state index contributed by atoms with van der Waals surface area (Å²) in [5.41, 5.74) is -0.550. The van der Waals surface area contributed by atoms with E-state index in [9.17, 15) is 10.0 Å². The lowest BCUT2D eigenvalue weighted by Gasteiger charge is -2.22. The molecule has 0 saturated carbocycles. The lowest BCUT2D eigenvalue weighted by molar-refractivity contribution is -0.590. The Morgan fingerprint density at radius 1 is 1.45 bits per heavy atom. The number of aromatic nitrogens is 1. The number of alkyl carbamates (subject to hydrolysis) is 1. The minimum absolute atomic E-state index is 0.350. The van der Waals surface area contributed by atoms with E-state index in [1.54, 1.807) is 39.0 Å². The van der Waals surface area contributed by atoms with E-state index in [0.29, 0.717) is 12.2 Å². The van der Waals surface area contributed by atoms with Gasteiger partial charge in [0.2, 0.25) is 0 Å². The number of rotatable bonds is 5. The van der Waals surface area contributed by atoms with Gasteiger partial charge in [-0.15, -0.1) is 0 Å². The van der Waals surface area contributed by atoms with Crippen molar-refractivity contribution in [1.82, 2.24) is 5.32 Å². The van der Waals surface area contributed by atoms with E-state index < -0.39 is 11.7 Å². The summed E-state index contributed by atoms with van der Waals surface area (Å²) in [7, 11) is 0. The Morgan fingerprint density at radius 3 is 2.70 bits per heavy atom. The zero-order chi connectivity index (χ0) is 15.2. The predicted molar refractivity (Wildman–Crippen MR) is 77.1 cm³/mol. The number of carbonyl (C=O) groups excluding carboxylic acids is 1. The number of nitrogens with one attached hydrogen (secondary N) is 2. The first-order valence-electron chi connectivity index (χ1n) is 6.76. The van der Waals surface area contributed by atoms with Crippen molar-refractivity contribution in [2.75, 3.05) is 5.32 Å². The molecular weight excluding hydrogens is 258 g/mol. The number of amides is 1. The van der Waals surface area contributed by atoms with Crippen LogP contribution in [0.25, 0.3) is 0 Å². The summed E-state index contributed by atoms with van der Waals surface area (Å²) in [5, 5.41) is 17.3. The highest BCUT2D eigenvalue weighted by Gasteiger charge is 2.21. The van der Waals surface area contributed by atoms with E-state index in [1.807, 2.05) is 6.92 Å². The molecule has 1 aromatic heterocycles. The highest BCUT2D eigenvalue weighted by molar-refractivity contribution is 5.68. The third-order valence-corrected chi connectivity index (χ3v) is 2.41. The summed E-state index contributed by atoms with van der Waals surface area (Å²) in [4.78, 5) is 11.8. The van der Waals surface area contributed by atoms with Crippen molar-refractivity contribution in [3.63, 3.8) is 0 Å². The van der Waals surface area contributed by atoms with Crippen LogP contribution in [0, 0.1) is 5.21 Å². The highest BCUT2D eigenvalue weighted by atomic mass is 16.6. The summed E-state index contributed by atoms with van der Waals surface area (Å²) in [6.45, 7) is 7.41. The standard InChI is InChI=1S/C14H23N3O3/c1-5-8-11(16-13(18)20-14(2,3)4)15-12-9-6-7-10-17(12)19/h6-7,9-11,15H,5,8H2,1-4H3,(H,16,18). The number of hydrogen-bond donors (Lipinski definition) is 2. The topological polar surface area (TPSA) is 77.3 Å². The Kier molecular flexibility index (Phi) is 5.61. The van der Waals surface area contributed by atoms with Crippen molar-refractivity contribution in [3.05, 3.63) is 29.6 Å². The van der Waals surface area contributed by atoms with Gasteiger partial charge in [-0.2, -0.15) is 0 Å². The van der Waals surface area contributed by atoms with Crippen molar-refractivity contribution in [2.45, 2.75) is 52.3 Å². The van der Waals surface area contributed by atoms with Gasteiger partial charge in [0.1, 0.15) is 5.60 Å². The van der Waals surface area contributed by atoms with Crippen molar-refractivity contribution in [1.29, 1.82) is 0 Å². The zero-order valence-electron chi connectivity index (χ0n) is 12.5. The second kappa shape index (κ2) is 6.98. The monoisotopic (exact) mass is 281 g/mol. The Bertz CT molecular complexity index is 444. The third kappa shape index (κ3) is 5.77. The van der Waals surface area contributed by atoms with Crippen LogP contribution in [-0.2, 0) is 4.74 Å². The van der Waals surface area contributed by atoms with E-state index in [0.717, 1.165) is 11.2 Å². The molecule has 0 aliphatic heterocycles. The average molecular weight is 281 g/mol. The van der Waals surface area contributed by atoms with Gasteiger partial charge in [0, 0.05) is 12.5 Å². The van der Waals surface area contributed by atoms with Crippen molar-refractivity contribution in [3.8, 4) is 0 Å². The van der Waals surface area contributed by atoms with Crippen molar-refractivity contribution in [2.24, 2.45) is 0 Å². The summed E-state index contributed by atoms with van der Waals surface area (Å²) >= 11 is 0. The lowest BCUT2D eigenvalue weighted by atomic mass is 10.2. The van der Waals surface area contributed by atoms with Crippen LogP contribution < -0.4 is 15.4 Å². The molecule has 2 N–H and O–H groups in total. The average Bonchev–Trinajstić information content (AvgIpc) is 2.29. The van der Waals surface area contributed by atoms with Gasteiger partial charge >= 0.3 is 6.09 Å². The fourth-order valence-corrected chi connectivity index (χ4v) is 1.64. The molecule has 0 aliphatic rings. The van der Waals surface area contributed by atoms with E-state index in [-0.39, 0.29) is 6.17 Å². The van der Waals surface area contributed by atoms with Gasteiger partial charge in [-0.05, 0) is 26.8 Å². The van der Waals surface area contributed by atoms with Gasteiger partial charge in [0.25, 0.3) is 5.82 Å². The van der Waals surface area contributed by atoms with E-state index >= 15 is 0 Å². The van der Waals surface area contributed by atoms with Crippen LogP contribution in [0.4, 0.5) is 10.6 Å². The van der Waals surface area contributed by atoms with Gasteiger partial charge in [-0.25, -0.2) is 9.52 Å². The van der Waals surface area contributed by atoms with Gasteiger partial charge < -0.3 is 9.94 Å². The van der Waals surface area contributed by atoms with Crippen molar-refractivity contribution >= 4 is 11.9 Å². The van der Waals surface area contributed by atoms with Crippen LogP contribution >= 0.6 is 0 Å². The SMILES string of the molecule is CCCC(NC(=O)OC(C)(C)C)Nc1cccc[n+]1[O-]. The molecule has 0 bridgehead atoms. The first kappa shape index (κ1) is 16.1. The fraction of sp³-hybridized carbons (Fsp3) is 0.571. The minimum Gasteiger partial charge on any atom is -0.711 e. The normalized spacial score (nSPS) is 12.6. The smallest absolute Gasteiger partial charge is 0.410 e. The fourth-order valence-electron chi connectivity index (χ4n) is 1.64. The maximum absolute atomic E-state index is 11.8.